The highest BCUT2D eigenvalue weighted by Gasteiger charge is 2.07. The second-order valence-corrected chi connectivity index (χ2v) is 2.25. The Balaban J connectivity index is 2.67. The number of fused-ring (bicyclic) bond motifs is 1. The van der Waals surface area contributed by atoms with E-state index in [9.17, 15) is 0 Å². The van der Waals surface area contributed by atoms with E-state index in [1.54, 1.807) is 12.4 Å². The predicted molar refractivity (Wildman–Crippen MR) is 41.5 cm³/mol. The Hall–Kier alpha value is -1.12. The molecule has 0 amide bonds. The number of pyridine rings is 1. The maximum atomic E-state index is 5.60. The quantitative estimate of drug-likeness (QED) is 0.456. The van der Waals surface area contributed by atoms with Gasteiger partial charge >= 0.3 is 0 Å². The van der Waals surface area contributed by atoms with Crippen molar-refractivity contribution < 1.29 is 0 Å². The summed E-state index contributed by atoms with van der Waals surface area (Å²) in [5, 5.41) is 0. The van der Waals surface area contributed by atoms with Gasteiger partial charge in [0.1, 0.15) is 7.85 Å². The van der Waals surface area contributed by atoms with Gasteiger partial charge in [0, 0.05) is 30.6 Å². The van der Waals surface area contributed by atoms with Gasteiger partial charge in [0.25, 0.3) is 0 Å². The molecule has 0 bridgehead atoms. The monoisotopic (exact) mass is 128 g/mol. The molecule has 2 radical (unpaired) electrons. The molecular formula is C7H5BN2. The molecule has 0 fully saturated rings. The molecule has 3 heteroatoms. The SMILES string of the molecule is [B]c1cncc2c1N=CC2. The summed E-state index contributed by atoms with van der Waals surface area (Å²) in [5.41, 5.74) is 2.70. The molecule has 1 aromatic rings. The van der Waals surface area contributed by atoms with E-state index in [0.29, 0.717) is 5.46 Å². The van der Waals surface area contributed by atoms with E-state index in [1.165, 1.54) is 0 Å². The average Bonchev–Trinajstić information content (AvgIpc) is 2.36. The van der Waals surface area contributed by atoms with Gasteiger partial charge in [-0.3, -0.25) is 9.98 Å². The van der Waals surface area contributed by atoms with Crippen molar-refractivity contribution in [2.45, 2.75) is 6.42 Å². The van der Waals surface area contributed by atoms with Gasteiger partial charge in [-0.25, -0.2) is 0 Å². The fraction of sp³-hybridized carbons (Fsp3) is 0.143. The molecule has 1 aliphatic heterocycles. The predicted octanol–water partition coefficient (Wildman–Crippen LogP) is 0.134. The fourth-order valence-electron chi connectivity index (χ4n) is 1.06. The molecule has 2 nitrogen and oxygen atoms in total. The number of nitrogens with zero attached hydrogens (tertiary/aromatic N) is 2. The van der Waals surface area contributed by atoms with E-state index in [-0.39, 0.29) is 0 Å². The highest BCUT2D eigenvalue weighted by molar-refractivity contribution is 6.35. The zero-order valence-corrected chi connectivity index (χ0v) is 5.41. The van der Waals surface area contributed by atoms with Crippen molar-refractivity contribution in [3.05, 3.63) is 18.0 Å². The van der Waals surface area contributed by atoms with Crippen molar-refractivity contribution in [1.82, 2.24) is 4.98 Å². The lowest BCUT2D eigenvalue weighted by atomic mass is 9.95. The maximum absolute atomic E-state index is 5.60. The van der Waals surface area contributed by atoms with Gasteiger partial charge in [-0.05, 0) is 0 Å². The molecule has 0 unspecified atom stereocenters. The van der Waals surface area contributed by atoms with Gasteiger partial charge in [0.15, 0.2) is 0 Å². The Bertz CT molecular complexity index is 294. The molecule has 46 valence electrons. The smallest absolute Gasteiger partial charge is 0.119 e. The summed E-state index contributed by atoms with van der Waals surface area (Å²) in [4.78, 5) is 8.06. The van der Waals surface area contributed by atoms with Crippen LogP contribution in [-0.4, -0.2) is 19.0 Å². The summed E-state index contributed by atoms with van der Waals surface area (Å²) in [5.74, 6) is 0. The summed E-state index contributed by atoms with van der Waals surface area (Å²) < 4.78 is 0. The molecule has 0 saturated carbocycles. The zero-order valence-electron chi connectivity index (χ0n) is 5.41. The lowest BCUT2D eigenvalue weighted by molar-refractivity contribution is 1.27. The Kier molecular flexibility index (Phi) is 1.10. The highest BCUT2D eigenvalue weighted by Crippen LogP contribution is 2.18. The third-order valence-electron chi connectivity index (χ3n) is 1.55. The first kappa shape index (κ1) is 5.65. The lowest BCUT2D eigenvalue weighted by Crippen LogP contribution is -2.04. The third-order valence-corrected chi connectivity index (χ3v) is 1.55. The summed E-state index contributed by atoms with van der Waals surface area (Å²) in [7, 11) is 5.60. The van der Waals surface area contributed by atoms with Crippen LogP contribution in [0.5, 0.6) is 0 Å². The topological polar surface area (TPSA) is 25.2 Å². The normalized spacial score (nSPS) is 13.6. The Morgan fingerprint density at radius 3 is 3.10 bits per heavy atom. The standard InChI is InChI=1S/C7H5BN2/c8-6-4-9-3-5-1-2-10-7(5)6/h2-4H,1H2. The molecule has 0 atom stereocenters. The van der Waals surface area contributed by atoms with Crippen molar-refractivity contribution in [2.24, 2.45) is 4.99 Å². The maximum Gasteiger partial charge on any atom is 0.119 e. The van der Waals surface area contributed by atoms with Crippen LogP contribution in [0.3, 0.4) is 0 Å². The highest BCUT2D eigenvalue weighted by atomic mass is 14.8. The van der Waals surface area contributed by atoms with Crippen LogP contribution in [0.15, 0.2) is 17.4 Å². The van der Waals surface area contributed by atoms with Crippen molar-refractivity contribution in [3.8, 4) is 0 Å². The second-order valence-electron chi connectivity index (χ2n) is 2.25. The molecule has 0 saturated heterocycles. The first-order chi connectivity index (χ1) is 4.88. The van der Waals surface area contributed by atoms with E-state index < -0.39 is 0 Å². The van der Waals surface area contributed by atoms with Crippen LogP contribution in [0, 0.1) is 0 Å². The lowest BCUT2D eigenvalue weighted by Gasteiger charge is -1.98. The molecule has 1 aromatic heterocycles. The van der Waals surface area contributed by atoms with Crippen LogP contribution in [0.1, 0.15) is 5.56 Å². The third kappa shape index (κ3) is 0.669. The van der Waals surface area contributed by atoms with Crippen molar-refractivity contribution in [3.63, 3.8) is 0 Å². The first-order valence-corrected chi connectivity index (χ1v) is 3.13. The minimum absolute atomic E-state index is 0.672. The van der Waals surface area contributed by atoms with Gasteiger partial charge < -0.3 is 0 Å². The second kappa shape index (κ2) is 1.94. The van der Waals surface area contributed by atoms with Gasteiger partial charge in [-0.15, -0.1) is 0 Å². The molecular weight excluding hydrogens is 123 g/mol. The summed E-state index contributed by atoms with van der Waals surface area (Å²) in [6.45, 7) is 0. The van der Waals surface area contributed by atoms with Crippen molar-refractivity contribution >= 4 is 25.2 Å². The van der Waals surface area contributed by atoms with Crippen LogP contribution in [0.4, 0.5) is 5.69 Å². The van der Waals surface area contributed by atoms with Crippen LogP contribution in [-0.2, 0) is 6.42 Å². The van der Waals surface area contributed by atoms with E-state index in [4.69, 9.17) is 7.85 Å². The summed E-state index contributed by atoms with van der Waals surface area (Å²) in [6, 6.07) is 0. The Morgan fingerprint density at radius 2 is 2.30 bits per heavy atom. The minimum atomic E-state index is 0.672. The van der Waals surface area contributed by atoms with Crippen LogP contribution in [0.2, 0.25) is 0 Å². The molecule has 0 aromatic carbocycles. The molecule has 0 spiro atoms. The van der Waals surface area contributed by atoms with E-state index >= 15 is 0 Å². The van der Waals surface area contributed by atoms with Gasteiger partial charge in [0.2, 0.25) is 0 Å². The molecule has 0 N–H and O–H groups in total. The number of aromatic nitrogens is 1. The minimum Gasteiger partial charge on any atom is -0.265 e. The zero-order chi connectivity index (χ0) is 6.97. The molecule has 2 heterocycles. The molecule has 2 rings (SSSR count). The largest absolute Gasteiger partial charge is 0.265 e. The Morgan fingerprint density at radius 1 is 1.40 bits per heavy atom. The number of hydrogen-bond acceptors (Lipinski definition) is 2. The van der Waals surface area contributed by atoms with Crippen LogP contribution < -0.4 is 5.46 Å². The average molecular weight is 128 g/mol. The number of hydrogen-bond donors (Lipinski definition) is 0. The van der Waals surface area contributed by atoms with Crippen LogP contribution in [0.25, 0.3) is 0 Å². The van der Waals surface area contributed by atoms with Crippen LogP contribution >= 0.6 is 0 Å². The van der Waals surface area contributed by atoms with Gasteiger partial charge in [-0.2, -0.15) is 0 Å². The molecule has 10 heavy (non-hydrogen) atoms. The molecule has 0 aliphatic carbocycles. The summed E-state index contributed by atoms with van der Waals surface area (Å²) >= 11 is 0. The van der Waals surface area contributed by atoms with Crippen molar-refractivity contribution in [2.75, 3.05) is 0 Å². The Labute approximate surface area is 60.4 Å². The van der Waals surface area contributed by atoms with E-state index in [2.05, 4.69) is 9.98 Å². The van der Waals surface area contributed by atoms with Crippen molar-refractivity contribution in [1.29, 1.82) is 0 Å². The molecule has 1 aliphatic rings. The van der Waals surface area contributed by atoms with E-state index in [0.717, 1.165) is 17.7 Å². The van der Waals surface area contributed by atoms with E-state index in [1.807, 2.05) is 6.21 Å². The van der Waals surface area contributed by atoms with Gasteiger partial charge in [0.05, 0.1) is 5.69 Å². The first-order valence-electron chi connectivity index (χ1n) is 3.13. The number of aliphatic imine (C=N–C) groups is 1. The fourth-order valence-corrected chi connectivity index (χ4v) is 1.06. The van der Waals surface area contributed by atoms with Gasteiger partial charge in [-0.1, -0.05) is 5.46 Å². The number of rotatable bonds is 0. The summed E-state index contributed by atoms with van der Waals surface area (Å²) in [6.07, 6.45) is 6.15.